The number of carboxylic acids is 1. The van der Waals surface area contributed by atoms with Crippen LogP contribution in [0.2, 0.25) is 0 Å². The first-order valence-electron chi connectivity index (χ1n) is 9.08. The number of hydrogen-bond acceptors (Lipinski definition) is 6. The molecule has 30 heavy (non-hydrogen) atoms. The van der Waals surface area contributed by atoms with Crippen LogP contribution in [0.5, 0.6) is 11.5 Å². The minimum absolute atomic E-state index is 0.0159. The number of amides is 1. The predicted octanol–water partition coefficient (Wildman–Crippen LogP) is 1.02. The number of ether oxygens (including phenoxy) is 2. The van der Waals surface area contributed by atoms with Crippen molar-refractivity contribution in [2.24, 2.45) is 0 Å². The Labute approximate surface area is 174 Å². The van der Waals surface area contributed by atoms with Crippen LogP contribution in [0, 0.1) is 0 Å². The van der Waals surface area contributed by atoms with Crippen LogP contribution in [0.3, 0.4) is 0 Å². The number of sulfonamides is 1. The third-order valence-electron chi connectivity index (χ3n) is 4.88. The van der Waals surface area contributed by atoms with Gasteiger partial charge in [-0.2, -0.15) is 4.31 Å². The Balaban J connectivity index is 2.02. The molecule has 1 atom stereocenters. The second-order valence-electron chi connectivity index (χ2n) is 6.67. The van der Waals surface area contributed by atoms with E-state index in [1.165, 1.54) is 32.4 Å². The van der Waals surface area contributed by atoms with Gasteiger partial charge in [-0.3, -0.25) is 9.59 Å². The summed E-state index contributed by atoms with van der Waals surface area (Å²) in [6.07, 6.45) is 0.133. The molecule has 0 fully saturated rings. The minimum Gasteiger partial charge on any atom is -0.493 e. The molecule has 1 aliphatic rings. The van der Waals surface area contributed by atoms with E-state index >= 15 is 0 Å². The Hall–Kier alpha value is -3.11. The maximum Gasteiger partial charge on any atom is 0.322 e. The van der Waals surface area contributed by atoms with Gasteiger partial charge in [-0.05, 0) is 29.7 Å². The van der Waals surface area contributed by atoms with Crippen molar-refractivity contribution in [3.8, 4) is 11.5 Å². The van der Waals surface area contributed by atoms with E-state index < -0.39 is 34.5 Å². The van der Waals surface area contributed by atoms with Crippen LogP contribution >= 0.6 is 0 Å². The Kier molecular flexibility index (Phi) is 6.28. The van der Waals surface area contributed by atoms with Gasteiger partial charge in [0.15, 0.2) is 11.5 Å². The number of aliphatic carboxylic acids is 1. The summed E-state index contributed by atoms with van der Waals surface area (Å²) in [5, 5.41) is 11.1. The molecule has 0 radical (unpaired) electrons. The van der Waals surface area contributed by atoms with E-state index in [2.05, 4.69) is 5.32 Å². The van der Waals surface area contributed by atoms with Crippen molar-refractivity contribution < 1.29 is 32.6 Å². The van der Waals surface area contributed by atoms with E-state index in [9.17, 15) is 18.0 Å². The fraction of sp³-hybridized carbons (Fsp3) is 0.300. The number of methoxy groups -OCH3 is 2. The number of rotatable bonds is 7. The number of nitrogens with one attached hydrogen (secondary N) is 1. The van der Waals surface area contributed by atoms with E-state index in [0.29, 0.717) is 5.75 Å². The summed E-state index contributed by atoms with van der Waals surface area (Å²) >= 11 is 0. The summed E-state index contributed by atoms with van der Waals surface area (Å²) < 4.78 is 38.4. The van der Waals surface area contributed by atoms with Gasteiger partial charge in [-0.25, -0.2) is 8.42 Å². The maximum atomic E-state index is 13.5. The topological polar surface area (TPSA) is 122 Å². The number of fused-ring (bicyclic) bond motifs is 1. The van der Waals surface area contributed by atoms with Crippen LogP contribution in [0.25, 0.3) is 0 Å². The molecule has 2 aromatic carbocycles. The summed E-state index contributed by atoms with van der Waals surface area (Å²) in [4.78, 5) is 23.5. The number of nitrogens with zero attached hydrogens (tertiary/aromatic N) is 1. The van der Waals surface area contributed by atoms with Crippen molar-refractivity contribution in [2.75, 3.05) is 20.8 Å². The highest BCUT2D eigenvalue weighted by atomic mass is 32.2. The molecule has 0 aliphatic carbocycles. The molecular formula is C20H22N2O7S. The highest BCUT2D eigenvalue weighted by Gasteiger charge is 2.40. The molecule has 160 valence electrons. The van der Waals surface area contributed by atoms with Gasteiger partial charge in [-0.15, -0.1) is 0 Å². The minimum atomic E-state index is -4.11. The molecule has 0 bridgehead atoms. The molecule has 0 aromatic heterocycles. The lowest BCUT2D eigenvalue weighted by atomic mass is 9.95. The van der Waals surface area contributed by atoms with Gasteiger partial charge in [-0.1, -0.05) is 24.3 Å². The van der Waals surface area contributed by atoms with Crippen molar-refractivity contribution in [1.29, 1.82) is 0 Å². The first kappa shape index (κ1) is 21.6. The summed E-state index contributed by atoms with van der Waals surface area (Å²) in [7, 11) is -1.27. The Morgan fingerprint density at radius 2 is 1.77 bits per heavy atom. The number of benzene rings is 2. The predicted molar refractivity (Wildman–Crippen MR) is 107 cm³/mol. The molecule has 2 N–H and O–H groups in total. The lowest BCUT2D eigenvalue weighted by Gasteiger charge is -2.35. The summed E-state index contributed by atoms with van der Waals surface area (Å²) in [5.41, 5.74) is 1.62. The number of carbonyl (C=O) groups excluding carboxylic acids is 1. The third-order valence-corrected chi connectivity index (χ3v) is 6.73. The molecule has 0 saturated heterocycles. The van der Waals surface area contributed by atoms with Crippen LogP contribution in [0.1, 0.15) is 11.1 Å². The Bertz CT molecular complexity index is 1070. The molecule has 2 aromatic rings. The average Bonchev–Trinajstić information content (AvgIpc) is 2.75. The van der Waals surface area contributed by atoms with Gasteiger partial charge in [0.2, 0.25) is 15.9 Å². The number of carbonyl (C=O) groups is 2. The maximum absolute atomic E-state index is 13.5. The van der Waals surface area contributed by atoms with Crippen LogP contribution in [-0.2, 0) is 32.6 Å². The highest BCUT2D eigenvalue weighted by Crippen LogP contribution is 2.34. The molecule has 1 unspecified atom stereocenters. The first-order chi connectivity index (χ1) is 14.3. The summed E-state index contributed by atoms with van der Waals surface area (Å²) in [6, 6.07) is 10.3. The van der Waals surface area contributed by atoms with E-state index in [0.717, 1.165) is 15.4 Å². The number of carboxylic acid groups (broad SMARTS) is 1. The molecule has 3 rings (SSSR count). The molecule has 9 nitrogen and oxygen atoms in total. The zero-order valence-corrected chi connectivity index (χ0v) is 17.3. The SMILES string of the molecule is COc1ccc(S(=O)(=O)N2Cc3ccccc3CC2C(=O)NCC(=O)O)cc1OC. The van der Waals surface area contributed by atoms with Gasteiger partial charge in [0, 0.05) is 12.6 Å². The molecule has 1 heterocycles. The van der Waals surface area contributed by atoms with Crippen molar-refractivity contribution in [1.82, 2.24) is 9.62 Å². The summed E-state index contributed by atoms with van der Waals surface area (Å²) in [6.45, 7) is -0.612. The second-order valence-corrected chi connectivity index (χ2v) is 8.56. The zero-order valence-electron chi connectivity index (χ0n) is 16.5. The van der Waals surface area contributed by atoms with E-state index in [1.807, 2.05) is 12.1 Å². The molecule has 0 spiro atoms. The van der Waals surface area contributed by atoms with E-state index in [1.54, 1.807) is 12.1 Å². The van der Waals surface area contributed by atoms with Crippen molar-refractivity contribution in [3.63, 3.8) is 0 Å². The van der Waals surface area contributed by atoms with Gasteiger partial charge in [0.25, 0.3) is 0 Å². The first-order valence-corrected chi connectivity index (χ1v) is 10.5. The van der Waals surface area contributed by atoms with Crippen molar-refractivity contribution >= 4 is 21.9 Å². The molecule has 0 saturated carbocycles. The van der Waals surface area contributed by atoms with Crippen molar-refractivity contribution in [2.45, 2.75) is 23.9 Å². The molecule has 1 aliphatic heterocycles. The van der Waals surface area contributed by atoms with Crippen LogP contribution in [-0.4, -0.2) is 56.5 Å². The summed E-state index contributed by atoms with van der Waals surface area (Å²) in [5.74, 6) is -1.27. The quantitative estimate of drug-likeness (QED) is 0.667. The van der Waals surface area contributed by atoms with E-state index in [-0.39, 0.29) is 23.6 Å². The average molecular weight is 434 g/mol. The van der Waals surface area contributed by atoms with Gasteiger partial charge in [0.05, 0.1) is 19.1 Å². The monoisotopic (exact) mass is 434 g/mol. The van der Waals surface area contributed by atoms with Crippen LogP contribution in [0.15, 0.2) is 47.4 Å². The lowest BCUT2D eigenvalue weighted by molar-refractivity contribution is -0.138. The Morgan fingerprint density at radius 3 is 2.40 bits per heavy atom. The van der Waals surface area contributed by atoms with Crippen LogP contribution < -0.4 is 14.8 Å². The standard InChI is InChI=1S/C20H22N2O7S/c1-28-17-8-7-15(10-18(17)29-2)30(26,27)22-12-14-6-4-3-5-13(14)9-16(22)20(25)21-11-19(23)24/h3-8,10,16H,9,11-12H2,1-2H3,(H,21,25)(H,23,24). The Morgan fingerprint density at radius 1 is 1.10 bits per heavy atom. The fourth-order valence-electron chi connectivity index (χ4n) is 3.37. The van der Waals surface area contributed by atoms with Gasteiger partial charge in [0.1, 0.15) is 12.6 Å². The largest absolute Gasteiger partial charge is 0.493 e. The molecular weight excluding hydrogens is 412 g/mol. The zero-order chi connectivity index (χ0) is 21.9. The van der Waals surface area contributed by atoms with Gasteiger partial charge < -0.3 is 19.9 Å². The van der Waals surface area contributed by atoms with Crippen LogP contribution in [0.4, 0.5) is 0 Å². The number of hydrogen-bond donors (Lipinski definition) is 2. The molecule has 10 heteroatoms. The molecule has 1 amide bonds. The van der Waals surface area contributed by atoms with E-state index in [4.69, 9.17) is 14.6 Å². The smallest absolute Gasteiger partial charge is 0.322 e. The lowest BCUT2D eigenvalue weighted by Crippen LogP contribution is -2.53. The highest BCUT2D eigenvalue weighted by molar-refractivity contribution is 7.89. The normalized spacial score (nSPS) is 16.4. The fourth-order valence-corrected chi connectivity index (χ4v) is 4.95. The van der Waals surface area contributed by atoms with Crippen molar-refractivity contribution in [3.05, 3.63) is 53.6 Å². The third kappa shape index (κ3) is 4.24. The second kappa shape index (κ2) is 8.72. The van der Waals surface area contributed by atoms with Gasteiger partial charge >= 0.3 is 5.97 Å².